The molecule has 3 fully saturated rings. The SMILES string of the molecule is O=C1[C@@H]2CCC(C2)[C@@H]1CN1CCCCC1. The Balaban J connectivity index is 1.60. The molecule has 2 heteroatoms. The van der Waals surface area contributed by atoms with Gasteiger partial charge in [0, 0.05) is 18.4 Å². The minimum absolute atomic E-state index is 0.418. The zero-order valence-electron chi connectivity index (χ0n) is 9.45. The lowest BCUT2D eigenvalue weighted by Crippen LogP contribution is -2.38. The molecule has 2 saturated carbocycles. The number of likely N-dealkylation sites (tertiary alicyclic amines) is 1. The van der Waals surface area contributed by atoms with E-state index in [1.54, 1.807) is 0 Å². The van der Waals surface area contributed by atoms with Gasteiger partial charge in [-0.1, -0.05) is 6.42 Å². The molecule has 0 aromatic heterocycles. The summed E-state index contributed by atoms with van der Waals surface area (Å²) in [6.45, 7) is 3.56. The molecule has 1 unspecified atom stereocenters. The molecule has 3 rings (SSSR count). The molecule has 1 heterocycles. The van der Waals surface area contributed by atoms with Gasteiger partial charge in [-0.3, -0.25) is 4.79 Å². The number of rotatable bonds is 2. The average molecular weight is 207 g/mol. The van der Waals surface area contributed by atoms with Crippen LogP contribution in [0.4, 0.5) is 0 Å². The fourth-order valence-corrected chi connectivity index (χ4v) is 3.83. The van der Waals surface area contributed by atoms with Gasteiger partial charge in [-0.2, -0.15) is 0 Å². The number of carbonyl (C=O) groups is 1. The monoisotopic (exact) mass is 207 g/mol. The summed E-state index contributed by atoms with van der Waals surface area (Å²) in [5, 5.41) is 0. The molecule has 0 amide bonds. The number of carbonyl (C=O) groups excluding carboxylic acids is 1. The number of Topliss-reactive ketones (excluding diaryl/α,β-unsaturated/α-hetero) is 1. The van der Waals surface area contributed by atoms with Crippen molar-refractivity contribution in [3.63, 3.8) is 0 Å². The predicted octanol–water partition coefficient (Wildman–Crippen LogP) is 2.09. The number of ketones is 1. The normalized spacial score (nSPS) is 41.3. The molecule has 3 aliphatic rings. The molecule has 0 radical (unpaired) electrons. The number of hydrogen-bond donors (Lipinski definition) is 0. The van der Waals surface area contributed by atoms with E-state index in [9.17, 15) is 4.79 Å². The van der Waals surface area contributed by atoms with Crippen LogP contribution in [0, 0.1) is 17.8 Å². The molecule has 2 nitrogen and oxygen atoms in total. The second-order valence-corrected chi connectivity index (χ2v) is 5.64. The van der Waals surface area contributed by atoms with Gasteiger partial charge in [-0.25, -0.2) is 0 Å². The van der Waals surface area contributed by atoms with E-state index in [1.165, 1.54) is 51.6 Å². The summed E-state index contributed by atoms with van der Waals surface area (Å²) in [4.78, 5) is 14.5. The second-order valence-electron chi connectivity index (χ2n) is 5.64. The molecule has 0 spiro atoms. The Kier molecular flexibility index (Phi) is 2.55. The van der Waals surface area contributed by atoms with E-state index in [0.717, 1.165) is 12.5 Å². The minimum Gasteiger partial charge on any atom is -0.303 e. The van der Waals surface area contributed by atoms with E-state index >= 15 is 0 Å². The van der Waals surface area contributed by atoms with Crippen LogP contribution in [0.15, 0.2) is 0 Å². The first-order valence-electron chi connectivity index (χ1n) is 6.60. The van der Waals surface area contributed by atoms with Gasteiger partial charge in [-0.05, 0) is 51.1 Å². The Morgan fingerprint density at radius 2 is 1.93 bits per heavy atom. The van der Waals surface area contributed by atoms with E-state index in [4.69, 9.17) is 0 Å². The summed E-state index contributed by atoms with van der Waals surface area (Å²) >= 11 is 0. The first-order valence-corrected chi connectivity index (χ1v) is 6.60. The summed E-state index contributed by atoms with van der Waals surface area (Å²) in [5.74, 6) is 2.24. The number of fused-ring (bicyclic) bond motifs is 2. The van der Waals surface area contributed by atoms with Crippen molar-refractivity contribution >= 4 is 5.78 Å². The van der Waals surface area contributed by atoms with Gasteiger partial charge in [0.25, 0.3) is 0 Å². The van der Waals surface area contributed by atoms with Crippen molar-refractivity contribution in [1.82, 2.24) is 4.90 Å². The van der Waals surface area contributed by atoms with Crippen LogP contribution in [0.3, 0.4) is 0 Å². The van der Waals surface area contributed by atoms with Crippen molar-refractivity contribution in [1.29, 1.82) is 0 Å². The summed E-state index contributed by atoms with van der Waals surface area (Å²) < 4.78 is 0. The topological polar surface area (TPSA) is 20.3 Å². The third-order valence-electron chi connectivity index (χ3n) is 4.71. The van der Waals surface area contributed by atoms with E-state index in [2.05, 4.69) is 4.90 Å². The number of nitrogens with zero attached hydrogens (tertiary/aromatic N) is 1. The van der Waals surface area contributed by atoms with Crippen molar-refractivity contribution in [2.24, 2.45) is 17.8 Å². The maximum atomic E-state index is 12.0. The molecule has 84 valence electrons. The minimum atomic E-state index is 0.418. The second kappa shape index (κ2) is 3.89. The van der Waals surface area contributed by atoms with Crippen LogP contribution in [0.5, 0.6) is 0 Å². The Morgan fingerprint density at radius 3 is 2.60 bits per heavy atom. The molecule has 1 aliphatic heterocycles. The van der Waals surface area contributed by atoms with Crippen LogP contribution in [-0.4, -0.2) is 30.3 Å². The number of piperidine rings is 1. The van der Waals surface area contributed by atoms with Crippen molar-refractivity contribution in [3.8, 4) is 0 Å². The zero-order chi connectivity index (χ0) is 10.3. The summed E-state index contributed by atoms with van der Waals surface area (Å²) in [6, 6.07) is 0. The van der Waals surface area contributed by atoms with Crippen LogP contribution < -0.4 is 0 Å². The fraction of sp³-hybridized carbons (Fsp3) is 0.923. The Bertz CT molecular complexity index is 257. The van der Waals surface area contributed by atoms with Crippen LogP contribution in [0.1, 0.15) is 38.5 Å². The first-order chi connectivity index (χ1) is 7.34. The van der Waals surface area contributed by atoms with Gasteiger partial charge < -0.3 is 4.90 Å². The van der Waals surface area contributed by atoms with Crippen LogP contribution in [-0.2, 0) is 4.79 Å². The van der Waals surface area contributed by atoms with Gasteiger partial charge >= 0.3 is 0 Å². The smallest absolute Gasteiger partial charge is 0.140 e. The quantitative estimate of drug-likeness (QED) is 0.691. The van der Waals surface area contributed by atoms with Crippen molar-refractivity contribution in [2.75, 3.05) is 19.6 Å². The molecule has 0 N–H and O–H groups in total. The van der Waals surface area contributed by atoms with Gasteiger partial charge in [0.2, 0.25) is 0 Å². The van der Waals surface area contributed by atoms with Crippen molar-refractivity contribution in [2.45, 2.75) is 38.5 Å². The summed E-state index contributed by atoms with van der Waals surface area (Å²) in [7, 11) is 0. The Morgan fingerprint density at radius 1 is 1.13 bits per heavy atom. The highest BCUT2D eigenvalue weighted by Crippen LogP contribution is 2.46. The van der Waals surface area contributed by atoms with Gasteiger partial charge in [-0.15, -0.1) is 0 Å². The lowest BCUT2D eigenvalue weighted by atomic mass is 9.87. The molecule has 2 bridgehead atoms. The average Bonchev–Trinajstić information content (AvgIpc) is 2.84. The molecular weight excluding hydrogens is 186 g/mol. The highest BCUT2D eigenvalue weighted by molar-refractivity contribution is 5.87. The van der Waals surface area contributed by atoms with E-state index in [0.29, 0.717) is 17.6 Å². The standard InChI is InChI=1S/C13H21NO/c15-13-11-5-4-10(8-11)12(13)9-14-6-2-1-3-7-14/h10-12H,1-9H2/t10?,11-,12+/m1/s1. The third-order valence-corrected chi connectivity index (χ3v) is 4.71. The van der Waals surface area contributed by atoms with Crippen LogP contribution in [0.25, 0.3) is 0 Å². The maximum absolute atomic E-state index is 12.0. The number of hydrogen-bond acceptors (Lipinski definition) is 2. The molecule has 1 saturated heterocycles. The van der Waals surface area contributed by atoms with E-state index in [1.807, 2.05) is 0 Å². The predicted molar refractivity (Wildman–Crippen MR) is 59.6 cm³/mol. The zero-order valence-corrected chi connectivity index (χ0v) is 9.45. The van der Waals surface area contributed by atoms with Crippen molar-refractivity contribution in [3.05, 3.63) is 0 Å². The Labute approximate surface area is 92.0 Å². The molecule has 2 aliphatic carbocycles. The van der Waals surface area contributed by atoms with E-state index in [-0.39, 0.29) is 0 Å². The summed E-state index contributed by atoms with van der Waals surface area (Å²) in [5.41, 5.74) is 0. The lowest BCUT2D eigenvalue weighted by Gasteiger charge is -2.31. The summed E-state index contributed by atoms with van der Waals surface area (Å²) in [6.07, 6.45) is 7.82. The fourth-order valence-electron chi connectivity index (χ4n) is 3.83. The highest BCUT2D eigenvalue weighted by atomic mass is 16.1. The van der Waals surface area contributed by atoms with Gasteiger partial charge in [0.15, 0.2) is 0 Å². The molecule has 0 aromatic carbocycles. The first kappa shape index (κ1) is 9.83. The third kappa shape index (κ3) is 1.73. The molecule has 3 atom stereocenters. The Hall–Kier alpha value is -0.370. The van der Waals surface area contributed by atoms with Gasteiger partial charge in [0.05, 0.1) is 0 Å². The van der Waals surface area contributed by atoms with Crippen molar-refractivity contribution < 1.29 is 4.79 Å². The van der Waals surface area contributed by atoms with E-state index < -0.39 is 0 Å². The largest absolute Gasteiger partial charge is 0.303 e. The lowest BCUT2D eigenvalue weighted by molar-refractivity contribution is -0.126. The van der Waals surface area contributed by atoms with Crippen LogP contribution >= 0.6 is 0 Å². The highest BCUT2D eigenvalue weighted by Gasteiger charge is 2.46. The molecule has 0 aromatic rings. The van der Waals surface area contributed by atoms with Crippen LogP contribution in [0.2, 0.25) is 0 Å². The maximum Gasteiger partial charge on any atom is 0.140 e. The molecule has 15 heavy (non-hydrogen) atoms. The molecular formula is C13H21NO. The van der Waals surface area contributed by atoms with Gasteiger partial charge in [0.1, 0.15) is 5.78 Å².